The Morgan fingerprint density at radius 2 is 2.00 bits per heavy atom. The van der Waals surface area contributed by atoms with E-state index in [9.17, 15) is 4.39 Å². The third kappa shape index (κ3) is 4.91. The summed E-state index contributed by atoms with van der Waals surface area (Å²) in [6, 6.07) is 5.57. The summed E-state index contributed by atoms with van der Waals surface area (Å²) in [4.78, 5) is 0. The molecule has 0 atom stereocenters. The molecule has 1 nitrogen and oxygen atoms in total. The highest BCUT2D eigenvalue weighted by Gasteiger charge is 2.05. The standard InChI is InChI=1S/C15H21BrFN/c1-10(2)13(9-18-11(3)4)7-12-5-6-15(17)14(16)8-12/h5-8,10-11,18H,9H2,1-4H3. The third-order valence-electron chi connectivity index (χ3n) is 2.75. The normalized spacial score (nSPS) is 12.6. The van der Waals surface area contributed by atoms with E-state index < -0.39 is 0 Å². The summed E-state index contributed by atoms with van der Waals surface area (Å²) in [7, 11) is 0. The lowest BCUT2D eigenvalue weighted by Crippen LogP contribution is -2.26. The Bertz CT molecular complexity index is 425. The largest absolute Gasteiger partial charge is 0.311 e. The molecule has 0 saturated carbocycles. The van der Waals surface area contributed by atoms with Gasteiger partial charge in [-0.15, -0.1) is 0 Å². The average molecular weight is 314 g/mol. The molecule has 0 saturated heterocycles. The molecule has 100 valence electrons. The summed E-state index contributed by atoms with van der Waals surface area (Å²) in [5.41, 5.74) is 2.35. The van der Waals surface area contributed by atoms with Crippen molar-refractivity contribution in [3.63, 3.8) is 0 Å². The summed E-state index contributed by atoms with van der Waals surface area (Å²) in [5.74, 6) is 0.249. The highest BCUT2D eigenvalue weighted by atomic mass is 79.9. The Morgan fingerprint density at radius 1 is 1.33 bits per heavy atom. The van der Waals surface area contributed by atoms with E-state index in [2.05, 4.69) is 55.0 Å². The van der Waals surface area contributed by atoms with Gasteiger partial charge in [-0.2, -0.15) is 0 Å². The average Bonchev–Trinajstić information content (AvgIpc) is 2.28. The lowest BCUT2D eigenvalue weighted by Gasteiger charge is -2.15. The maximum absolute atomic E-state index is 13.2. The molecule has 0 aromatic heterocycles. The van der Waals surface area contributed by atoms with E-state index in [1.807, 2.05) is 6.07 Å². The molecule has 0 aliphatic rings. The number of hydrogen-bond acceptors (Lipinski definition) is 1. The van der Waals surface area contributed by atoms with Gasteiger partial charge in [0.05, 0.1) is 4.47 Å². The molecule has 0 bridgehead atoms. The van der Waals surface area contributed by atoms with Crippen LogP contribution in [0.15, 0.2) is 28.2 Å². The summed E-state index contributed by atoms with van der Waals surface area (Å²) < 4.78 is 13.7. The molecular formula is C15H21BrFN. The Hall–Kier alpha value is -0.670. The first-order valence-electron chi connectivity index (χ1n) is 6.29. The van der Waals surface area contributed by atoms with Gasteiger partial charge in [0.1, 0.15) is 5.82 Å². The van der Waals surface area contributed by atoms with Gasteiger partial charge >= 0.3 is 0 Å². The monoisotopic (exact) mass is 313 g/mol. The first-order valence-corrected chi connectivity index (χ1v) is 7.08. The Labute approximate surface area is 118 Å². The second kappa shape index (κ2) is 7.05. The van der Waals surface area contributed by atoms with Gasteiger partial charge in [-0.3, -0.25) is 0 Å². The summed E-state index contributed by atoms with van der Waals surface area (Å²) in [6.45, 7) is 9.47. The fraction of sp³-hybridized carbons (Fsp3) is 0.467. The van der Waals surface area contributed by atoms with Crippen LogP contribution in [0.1, 0.15) is 33.3 Å². The molecule has 1 N–H and O–H groups in total. The lowest BCUT2D eigenvalue weighted by molar-refractivity contribution is 0.593. The van der Waals surface area contributed by atoms with Gasteiger partial charge in [0, 0.05) is 12.6 Å². The fourth-order valence-electron chi connectivity index (χ4n) is 1.56. The maximum Gasteiger partial charge on any atom is 0.137 e. The Morgan fingerprint density at radius 3 is 2.50 bits per heavy atom. The van der Waals surface area contributed by atoms with Gasteiger partial charge in [0.25, 0.3) is 0 Å². The third-order valence-corrected chi connectivity index (χ3v) is 3.36. The zero-order valence-electron chi connectivity index (χ0n) is 11.4. The molecule has 18 heavy (non-hydrogen) atoms. The van der Waals surface area contributed by atoms with Gasteiger partial charge in [0.15, 0.2) is 0 Å². The molecule has 0 fully saturated rings. The minimum Gasteiger partial charge on any atom is -0.311 e. The van der Waals surface area contributed by atoms with Gasteiger partial charge in [0.2, 0.25) is 0 Å². The Kier molecular flexibility index (Phi) is 6.03. The van der Waals surface area contributed by atoms with Crippen molar-refractivity contribution in [2.75, 3.05) is 6.54 Å². The van der Waals surface area contributed by atoms with E-state index in [-0.39, 0.29) is 5.82 Å². The molecule has 0 aliphatic carbocycles. The van der Waals surface area contributed by atoms with E-state index in [0.717, 1.165) is 12.1 Å². The summed E-state index contributed by atoms with van der Waals surface area (Å²) in [6.07, 6.45) is 2.13. The molecule has 0 radical (unpaired) electrons. The lowest BCUT2D eigenvalue weighted by atomic mass is 10.00. The molecule has 1 rings (SSSR count). The minimum absolute atomic E-state index is 0.224. The van der Waals surface area contributed by atoms with E-state index in [0.29, 0.717) is 16.4 Å². The van der Waals surface area contributed by atoms with Crippen molar-refractivity contribution >= 4 is 22.0 Å². The van der Waals surface area contributed by atoms with Crippen LogP contribution in [-0.2, 0) is 0 Å². The molecule has 3 heteroatoms. The molecule has 0 amide bonds. The van der Waals surface area contributed by atoms with Crippen LogP contribution in [0.25, 0.3) is 6.08 Å². The topological polar surface area (TPSA) is 12.0 Å². The van der Waals surface area contributed by atoms with Crippen LogP contribution in [0.3, 0.4) is 0 Å². The maximum atomic E-state index is 13.2. The summed E-state index contributed by atoms with van der Waals surface area (Å²) >= 11 is 3.22. The van der Waals surface area contributed by atoms with Crippen LogP contribution in [-0.4, -0.2) is 12.6 Å². The van der Waals surface area contributed by atoms with Crippen molar-refractivity contribution in [3.8, 4) is 0 Å². The highest BCUT2D eigenvalue weighted by Crippen LogP contribution is 2.20. The van der Waals surface area contributed by atoms with Crippen molar-refractivity contribution in [2.24, 2.45) is 5.92 Å². The zero-order valence-corrected chi connectivity index (χ0v) is 13.0. The van der Waals surface area contributed by atoms with Crippen LogP contribution >= 0.6 is 15.9 Å². The van der Waals surface area contributed by atoms with Crippen LogP contribution < -0.4 is 5.32 Å². The summed E-state index contributed by atoms with van der Waals surface area (Å²) in [5, 5.41) is 3.42. The molecule has 0 aliphatic heterocycles. The van der Waals surface area contributed by atoms with Gasteiger partial charge < -0.3 is 5.32 Å². The first kappa shape index (κ1) is 15.4. The van der Waals surface area contributed by atoms with Crippen molar-refractivity contribution in [1.29, 1.82) is 0 Å². The van der Waals surface area contributed by atoms with Crippen molar-refractivity contribution in [2.45, 2.75) is 33.7 Å². The predicted octanol–water partition coefficient (Wildman–Crippen LogP) is 4.63. The van der Waals surface area contributed by atoms with E-state index in [1.54, 1.807) is 6.07 Å². The predicted molar refractivity (Wildman–Crippen MR) is 80.1 cm³/mol. The minimum atomic E-state index is -0.224. The number of nitrogens with one attached hydrogen (secondary N) is 1. The van der Waals surface area contributed by atoms with Gasteiger partial charge in [-0.05, 0) is 39.5 Å². The quantitative estimate of drug-likeness (QED) is 0.836. The second-order valence-corrected chi connectivity index (χ2v) is 5.94. The molecule has 0 unspecified atom stereocenters. The molecular weight excluding hydrogens is 293 g/mol. The van der Waals surface area contributed by atoms with Gasteiger partial charge in [-0.25, -0.2) is 4.39 Å². The molecule has 1 aromatic carbocycles. The highest BCUT2D eigenvalue weighted by molar-refractivity contribution is 9.10. The van der Waals surface area contributed by atoms with Crippen molar-refractivity contribution in [1.82, 2.24) is 5.32 Å². The fourth-order valence-corrected chi connectivity index (χ4v) is 1.96. The van der Waals surface area contributed by atoms with Crippen LogP contribution in [0.5, 0.6) is 0 Å². The van der Waals surface area contributed by atoms with E-state index >= 15 is 0 Å². The Balaban J connectivity index is 2.89. The second-order valence-electron chi connectivity index (χ2n) is 5.08. The van der Waals surface area contributed by atoms with E-state index in [4.69, 9.17) is 0 Å². The number of rotatable bonds is 5. The first-order chi connectivity index (χ1) is 8.40. The number of benzene rings is 1. The van der Waals surface area contributed by atoms with Gasteiger partial charge in [-0.1, -0.05) is 45.4 Å². The smallest absolute Gasteiger partial charge is 0.137 e. The van der Waals surface area contributed by atoms with Crippen LogP contribution in [0.2, 0.25) is 0 Å². The number of hydrogen-bond donors (Lipinski definition) is 1. The van der Waals surface area contributed by atoms with Crippen LogP contribution in [0, 0.1) is 11.7 Å². The van der Waals surface area contributed by atoms with Crippen molar-refractivity contribution in [3.05, 3.63) is 39.6 Å². The van der Waals surface area contributed by atoms with Crippen molar-refractivity contribution < 1.29 is 4.39 Å². The molecule has 0 heterocycles. The zero-order chi connectivity index (χ0) is 13.7. The van der Waals surface area contributed by atoms with Crippen LogP contribution in [0.4, 0.5) is 4.39 Å². The molecule has 0 spiro atoms. The SMILES string of the molecule is CC(C)NCC(=Cc1ccc(F)c(Br)c1)C(C)C. The molecule has 1 aromatic rings. The van der Waals surface area contributed by atoms with E-state index in [1.165, 1.54) is 11.6 Å². The number of halogens is 2.